The second-order valence-electron chi connectivity index (χ2n) is 4.13. The van der Waals surface area contributed by atoms with E-state index in [9.17, 15) is 9.18 Å². The first-order valence-corrected chi connectivity index (χ1v) is 5.25. The van der Waals surface area contributed by atoms with Crippen molar-refractivity contribution in [2.75, 3.05) is 0 Å². The Morgan fingerprint density at radius 1 is 1.59 bits per heavy atom. The number of nitrogens with one attached hydrogen (secondary N) is 1. The molecule has 1 aliphatic carbocycles. The molecular weight excluding hydrogens is 223 g/mol. The highest BCUT2D eigenvalue weighted by atomic mass is 19.1. The summed E-state index contributed by atoms with van der Waals surface area (Å²) in [6, 6.07) is 6.27. The molecule has 0 atom stereocenters. The van der Waals surface area contributed by atoms with Crippen LogP contribution in [-0.4, -0.2) is 16.6 Å². The average molecular weight is 234 g/mol. The summed E-state index contributed by atoms with van der Waals surface area (Å²) in [6.07, 6.45) is 1.11. The highest BCUT2D eigenvalue weighted by molar-refractivity contribution is 5.82. The molecule has 0 aromatic heterocycles. The van der Waals surface area contributed by atoms with E-state index in [0.717, 1.165) is 0 Å². The fourth-order valence-electron chi connectivity index (χ4n) is 1.66. The van der Waals surface area contributed by atoms with Gasteiger partial charge < -0.3 is 5.11 Å². The molecule has 0 bridgehead atoms. The molecular formula is C12H11FN2O2. The van der Waals surface area contributed by atoms with Crippen LogP contribution in [0.1, 0.15) is 24.0 Å². The minimum absolute atomic E-state index is 0.0236. The molecule has 0 spiro atoms. The zero-order chi connectivity index (χ0) is 12.5. The molecule has 17 heavy (non-hydrogen) atoms. The van der Waals surface area contributed by atoms with E-state index in [2.05, 4.69) is 5.32 Å². The van der Waals surface area contributed by atoms with Gasteiger partial charge in [0.1, 0.15) is 17.4 Å². The summed E-state index contributed by atoms with van der Waals surface area (Å²) < 4.78 is 13.7. The highest BCUT2D eigenvalue weighted by Gasteiger charge is 2.49. The predicted molar refractivity (Wildman–Crippen MR) is 57.6 cm³/mol. The van der Waals surface area contributed by atoms with Crippen molar-refractivity contribution in [2.24, 2.45) is 0 Å². The SMILES string of the molecule is N#Cc1cccc(CNC2(C(=O)O)CC2)c1F. The summed E-state index contributed by atoms with van der Waals surface area (Å²) in [6.45, 7) is 0.119. The van der Waals surface area contributed by atoms with Crippen molar-refractivity contribution >= 4 is 5.97 Å². The van der Waals surface area contributed by atoms with E-state index in [1.165, 1.54) is 6.07 Å². The zero-order valence-electron chi connectivity index (χ0n) is 9.03. The molecule has 1 saturated carbocycles. The third-order valence-corrected chi connectivity index (χ3v) is 2.98. The molecule has 1 aromatic rings. The van der Waals surface area contributed by atoms with E-state index >= 15 is 0 Å². The number of nitriles is 1. The van der Waals surface area contributed by atoms with Gasteiger partial charge in [-0.2, -0.15) is 5.26 Å². The fraction of sp³-hybridized carbons (Fsp3) is 0.333. The third kappa shape index (κ3) is 2.12. The van der Waals surface area contributed by atoms with Crippen LogP contribution in [-0.2, 0) is 11.3 Å². The van der Waals surface area contributed by atoms with Crippen LogP contribution < -0.4 is 5.32 Å². The maximum atomic E-state index is 13.7. The Hall–Kier alpha value is -1.93. The zero-order valence-corrected chi connectivity index (χ0v) is 9.03. The smallest absolute Gasteiger partial charge is 0.323 e. The normalized spacial score (nSPS) is 16.2. The number of carboxylic acids is 1. The largest absolute Gasteiger partial charge is 0.480 e. The number of aliphatic carboxylic acids is 1. The number of halogens is 1. The number of hydrogen-bond acceptors (Lipinski definition) is 3. The van der Waals surface area contributed by atoms with Crippen LogP contribution in [0.5, 0.6) is 0 Å². The lowest BCUT2D eigenvalue weighted by atomic mass is 10.1. The topological polar surface area (TPSA) is 73.1 Å². The van der Waals surface area contributed by atoms with Crippen molar-refractivity contribution in [3.05, 3.63) is 35.1 Å². The summed E-state index contributed by atoms with van der Waals surface area (Å²) >= 11 is 0. The second kappa shape index (κ2) is 4.15. The molecule has 0 unspecified atom stereocenters. The molecule has 0 aliphatic heterocycles. The van der Waals surface area contributed by atoms with E-state index in [0.29, 0.717) is 18.4 Å². The number of hydrogen-bond donors (Lipinski definition) is 2. The maximum Gasteiger partial charge on any atom is 0.323 e. The molecule has 0 radical (unpaired) electrons. The Bertz CT molecular complexity index is 504. The van der Waals surface area contributed by atoms with Crippen LogP contribution in [0.15, 0.2) is 18.2 Å². The quantitative estimate of drug-likeness (QED) is 0.826. The predicted octanol–water partition coefficient (Wildman–Crippen LogP) is 1.40. The van der Waals surface area contributed by atoms with Crippen molar-refractivity contribution in [3.63, 3.8) is 0 Å². The summed E-state index contributed by atoms with van der Waals surface area (Å²) in [7, 11) is 0. The lowest BCUT2D eigenvalue weighted by Crippen LogP contribution is -2.38. The maximum absolute atomic E-state index is 13.7. The van der Waals surface area contributed by atoms with Crippen molar-refractivity contribution in [1.29, 1.82) is 5.26 Å². The standard InChI is InChI=1S/C12H11FN2O2/c13-10-8(6-14)2-1-3-9(10)7-15-12(4-5-12)11(16)17/h1-3,15H,4-5,7H2,(H,16,17). The molecule has 0 saturated heterocycles. The van der Waals surface area contributed by atoms with E-state index < -0.39 is 17.3 Å². The molecule has 2 N–H and O–H groups in total. The Labute approximate surface area is 97.7 Å². The molecule has 1 aliphatic rings. The molecule has 1 fully saturated rings. The molecule has 0 amide bonds. The van der Waals surface area contributed by atoms with E-state index in [-0.39, 0.29) is 12.1 Å². The monoisotopic (exact) mass is 234 g/mol. The van der Waals surface area contributed by atoms with Crippen molar-refractivity contribution in [2.45, 2.75) is 24.9 Å². The number of rotatable bonds is 4. The van der Waals surface area contributed by atoms with Crippen molar-refractivity contribution < 1.29 is 14.3 Å². The van der Waals surface area contributed by atoms with Crippen LogP contribution in [0.3, 0.4) is 0 Å². The first kappa shape index (κ1) is 11.6. The van der Waals surface area contributed by atoms with Crippen molar-refractivity contribution in [1.82, 2.24) is 5.32 Å². The number of nitrogens with zero attached hydrogens (tertiary/aromatic N) is 1. The van der Waals surface area contributed by atoms with Gasteiger partial charge in [0.05, 0.1) is 5.56 Å². The molecule has 5 heteroatoms. The summed E-state index contributed by atoms with van der Waals surface area (Å²) in [5.41, 5.74) is -0.601. The van der Waals surface area contributed by atoms with Crippen LogP contribution in [0, 0.1) is 17.1 Å². The lowest BCUT2D eigenvalue weighted by Gasteiger charge is -2.12. The van der Waals surface area contributed by atoms with E-state index in [4.69, 9.17) is 10.4 Å². The molecule has 0 heterocycles. The van der Waals surface area contributed by atoms with Crippen LogP contribution in [0.2, 0.25) is 0 Å². The van der Waals surface area contributed by atoms with Gasteiger partial charge in [-0.1, -0.05) is 12.1 Å². The van der Waals surface area contributed by atoms with Crippen LogP contribution >= 0.6 is 0 Å². The average Bonchev–Trinajstić information content (AvgIpc) is 3.09. The van der Waals surface area contributed by atoms with Gasteiger partial charge >= 0.3 is 5.97 Å². The Morgan fingerprint density at radius 2 is 2.29 bits per heavy atom. The molecule has 88 valence electrons. The number of benzene rings is 1. The number of carbonyl (C=O) groups is 1. The number of carboxylic acid groups (broad SMARTS) is 1. The first-order valence-electron chi connectivity index (χ1n) is 5.25. The van der Waals surface area contributed by atoms with Crippen molar-refractivity contribution in [3.8, 4) is 6.07 Å². The third-order valence-electron chi connectivity index (χ3n) is 2.98. The summed E-state index contributed by atoms with van der Waals surface area (Å²) in [4.78, 5) is 10.9. The first-order chi connectivity index (χ1) is 8.09. The van der Waals surface area contributed by atoms with Gasteiger partial charge in [-0.25, -0.2) is 4.39 Å². The van der Waals surface area contributed by atoms with E-state index in [1.54, 1.807) is 18.2 Å². The van der Waals surface area contributed by atoms with Crippen LogP contribution in [0.25, 0.3) is 0 Å². The van der Waals surface area contributed by atoms with Gasteiger partial charge in [0.15, 0.2) is 0 Å². The van der Waals surface area contributed by atoms with Gasteiger partial charge in [0.25, 0.3) is 0 Å². The van der Waals surface area contributed by atoms with Gasteiger partial charge in [0.2, 0.25) is 0 Å². The van der Waals surface area contributed by atoms with Gasteiger partial charge in [-0.15, -0.1) is 0 Å². The highest BCUT2D eigenvalue weighted by Crippen LogP contribution is 2.35. The Balaban J connectivity index is 2.10. The molecule has 1 aromatic carbocycles. The lowest BCUT2D eigenvalue weighted by molar-refractivity contribution is -0.140. The summed E-state index contributed by atoms with van der Waals surface area (Å²) in [5.74, 6) is -1.49. The van der Waals surface area contributed by atoms with E-state index in [1.807, 2.05) is 0 Å². The fourth-order valence-corrected chi connectivity index (χ4v) is 1.66. The van der Waals surface area contributed by atoms with Crippen LogP contribution in [0.4, 0.5) is 4.39 Å². The van der Waals surface area contributed by atoms with Gasteiger partial charge in [-0.05, 0) is 18.9 Å². The minimum Gasteiger partial charge on any atom is -0.480 e. The molecule has 2 rings (SSSR count). The Kier molecular flexibility index (Phi) is 2.82. The van der Waals surface area contributed by atoms with Gasteiger partial charge in [0, 0.05) is 12.1 Å². The second-order valence-corrected chi connectivity index (χ2v) is 4.13. The minimum atomic E-state index is -0.908. The summed E-state index contributed by atoms with van der Waals surface area (Å²) in [5, 5.41) is 20.4. The molecule has 4 nitrogen and oxygen atoms in total. The Morgan fingerprint density at radius 3 is 2.82 bits per heavy atom. The van der Waals surface area contributed by atoms with Gasteiger partial charge in [-0.3, -0.25) is 10.1 Å².